The highest BCUT2D eigenvalue weighted by Gasteiger charge is 2.34. The number of hydrogen-bond donors (Lipinski definition) is 2. The number of sulfonamides is 1. The minimum Gasteiger partial charge on any atom is -0.325 e. The zero-order valence-corrected chi connectivity index (χ0v) is 15.9. The number of carbonyl (C=O) groups excluding carboxylic acids is 1. The van der Waals surface area contributed by atoms with Gasteiger partial charge in [0.2, 0.25) is 15.9 Å². The molecule has 1 aromatic carbocycles. The van der Waals surface area contributed by atoms with Crippen molar-refractivity contribution in [1.82, 2.24) is 4.72 Å². The van der Waals surface area contributed by atoms with E-state index < -0.39 is 10.0 Å². The summed E-state index contributed by atoms with van der Waals surface area (Å²) in [6, 6.07) is 4.98. The maximum Gasteiger partial charge on any atom is 0.240 e. The van der Waals surface area contributed by atoms with E-state index in [0.29, 0.717) is 0 Å². The monoisotopic (exact) mass is 364 g/mol. The average Bonchev–Trinajstić information content (AvgIpc) is 2.84. The SMILES string of the molecule is CC(C)[C@H]1C(=O)Nc2ccc(S(=O)(=O)NC3CCCCCCC3)cc21. The number of benzene rings is 1. The third kappa shape index (κ3) is 4.06. The highest BCUT2D eigenvalue weighted by Crippen LogP contribution is 2.38. The van der Waals surface area contributed by atoms with Gasteiger partial charge in [0, 0.05) is 11.7 Å². The largest absolute Gasteiger partial charge is 0.325 e. The lowest BCUT2D eigenvalue weighted by Gasteiger charge is -2.21. The average molecular weight is 365 g/mol. The van der Waals surface area contributed by atoms with Gasteiger partial charge in [-0.1, -0.05) is 46.0 Å². The van der Waals surface area contributed by atoms with E-state index in [1.165, 1.54) is 19.3 Å². The molecule has 1 aliphatic carbocycles. The van der Waals surface area contributed by atoms with E-state index in [9.17, 15) is 13.2 Å². The molecule has 1 aliphatic heterocycles. The molecule has 0 bridgehead atoms. The van der Waals surface area contributed by atoms with Crippen molar-refractivity contribution < 1.29 is 13.2 Å². The van der Waals surface area contributed by atoms with E-state index in [2.05, 4.69) is 10.0 Å². The quantitative estimate of drug-likeness (QED) is 0.854. The third-order valence-electron chi connectivity index (χ3n) is 5.30. The van der Waals surface area contributed by atoms with Crippen molar-refractivity contribution in [2.24, 2.45) is 5.92 Å². The first-order valence-electron chi connectivity index (χ1n) is 9.35. The van der Waals surface area contributed by atoms with E-state index in [1.54, 1.807) is 18.2 Å². The molecule has 1 amide bonds. The highest BCUT2D eigenvalue weighted by molar-refractivity contribution is 7.89. The summed E-state index contributed by atoms with van der Waals surface area (Å²) >= 11 is 0. The first kappa shape index (κ1) is 18.4. The van der Waals surface area contributed by atoms with Gasteiger partial charge >= 0.3 is 0 Å². The van der Waals surface area contributed by atoms with Crippen LogP contribution < -0.4 is 10.0 Å². The minimum atomic E-state index is -3.57. The van der Waals surface area contributed by atoms with Crippen molar-refractivity contribution in [3.8, 4) is 0 Å². The number of anilines is 1. The Morgan fingerprint density at radius 1 is 1.08 bits per heavy atom. The van der Waals surface area contributed by atoms with Crippen molar-refractivity contribution >= 4 is 21.6 Å². The zero-order valence-electron chi connectivity index (χ0n) is 15.0. The van der Waals surface area contributed by atoms with Gasteiger partial charge in [-0.15, -0.1) is 0 Å². The van der Waals surface area contributed by atoms with Gasteiger partial charge in [-0.3, -0.25) is 4.79 Å². The molecule has 2 N–H and O–H groups in total. The van der Waals surface area contributed by atoms with Crippen molar-refractivity contribution in [1.29, 1.82) is 0 Å². The van der Waals surface area contributed by atoms with Crippen LogP contribution in [0, 0.1) is 5.92 Å². The van der Waals surface area contributed by atoms with E-state index in [4.69, 9.17) is 0 Å². The van der Waals surface area contributed by atoms with Crippen molar-refractivity contribution in [2.75, 3.05) is 5.32 Å². The normalized spacial score (nSPS) is 22.4. The summed E-state index contributed by atoms with van der Waals surface area (Å²) in [6.07, 6.45) is 7.57. The third-order valence-corrected chi connectivity index (χ3v) is 6.82. The molecule has 0 saturated heterocycles. The molecule has 3 rings (SSSR count). The standard InChI is InChI=1S/C19H28N2O3S/c1-13(2)18-16-12-15(10-11-17(16)20-19(18)22)25(23,24)21-14-8-6-4-3-5-7-9-14/h10-14,18,21H,3-9H2,1-2H3,(H,20,22)/t18-/m1/s1. The van der Waals surface area contributed by atoms with Gasteiger partial charge < -0.3 is 5.32 Å². The molecule has 5 nitrogen and oxygen atoms in total. The zero-order chi connectivity index (χ0) is 18.0. The summed E-state index contributed by atoms with van der Waals surface area (Å²) in [5, 5.41) is 2.85. The molecule has 0 aromatic heterocycles. The van der Waals surface area contributed by atoms with Crippen LogP contribution in [0.5, 0.6) is 0 Å². The first-order chi connectivity index (χ1) is 11.9. The van der Waals surface area contributed by atoms with Crippen molar-refractivity contribution in [2.45, 2.75) is 75.6 Å². The molecule has 1 saturated carbocycles. The van der Waals surface area contributed by atoms with Crippen LogP contribution in [-0.4, -0.2) is 20.4 Å². The predicted molar refractivity (Wildman–Crippen MR) is 99.1 cm³/mol. The van der Waals surface area contributed by atoms with Crippen LogP contribution in [0.25, 0.3) is 0 Å². The molecule has 138 valence electrons. The lowest BCUT2D eigenvalue weighted by molar-refractivity contribution is -0.117. The maximum absolute atomic E-state index is 12.8. The second-order valence-corrected chi connectivity index (χ2v) is 9.34. The van der Waals surface area contributed by atoms with Crippen LogP contribution in [-0.2, 0) is 14.8 Å². The lowest BCUT2D eigenvalue weighted by atomic mass is 9.90. The van der Waals surface area contributed by atoms with Crippen molar-refractivity contribution in [3.63, 3.8) is 0 Å². The Morgan fingerprint density at radius 2 is 1.72 bits per heavy atom. The summed E-state index contributed by atoms with van der Waals surface area (Å²) in [5.41, 5.74) is 1.52. The second kappa shape index (κ2) is 7.46. The molecule has 1 fully saturated rings. The number of carbonyl (C=O) groups is 1. The number of rotatable bonds is 4. The molecule has 1 atom stereocenters. The van der Waals surface area contributed by atoms with Gasteiger partial charge in [-0.2, -0.15) is 0 Å². The molecule has 1 aromatic rings. The Hall–Kier alpha value is -1.40. The Labute approximate surface area is 150 Å². The topological polar surface area (TPSA) is 75.3 Å². The summed E-state index contributed by atoms with van der Waals surface area (Å²) in [5.74, 6) is -0.211. The van der Waals surface area contributed by atoms with Gasteiger partial charge in [0.15, 0.2) is 0 Å². The van der Waals surface area contributed by atoms with E-state index >= 15 is 0 Å². The Kier molecular flexibility index (Phi) is 5.49. The number of fused-ring (bicyclic) bond motifs is 1. The number of hydrogen-bond acceptors (Lipinski definition) is 3. The highest BCUT2D eigenvalue weighted by atomic mass is 32.2. The molecule has 2 aliphatic rings. The van der Waals surface area contributed by atoms with Crippen molar-refractivity contribution in [3.05, 3.63) is 23.8 Å². The van der Waals surface area contributed by atoms with Crippen LogP contribution in [0.1, 0.15) is 70.3 Å². The van der Waals surface area contributed by atoms with Crippen LogP contribution in [0.4, 0.5) is 5.69 Å². The molecule has 25 heavy (non-hydrogen) atoms. The summed E-state index contributed by atoms with van der Waals surface area (Å²) in [4.78, 5) is 12.4. The van der Waals surface area contributed by atoms with Gasteiger partial charge in [0.25, 0.3) is 0 Å². The molecular weight excluding hydrogens is 336 g/mol. The fourth-order valence-electron chi connectivity index (χ4n) is 3.95. The molecular formula is C19H28N2O3S. The first-order valence-corrected chi connectivity index (χ1v) is 10.8. The van der Waals surface area contributed by atoms with Crippen LogP contribution in [0.15, 0.2) is 23.1 Å². The number of amides is 1. The maximum atomic E-state index is 12.8. The summed E-state index contributed by atoms with van der Waals surface area (Å²) in [6.45, 7) is 3.96. The van der Waals surface area contributed by atoms with E-state index in [0.717, 1.165) is 36.9 Å². The van der Waals surface area contributed by atoms with Gasteiger partial charge in [0.05, 0.1) is 10.8 Å². The van der Waals surface area contributed by atoms with Crippen LogP contribution >= 0.6 is 0 Å². The lowest BCUT2D eigenvalue weighted by Crippen LogP contribution is -2.35. The fraction of sp³-hybridized carbons (Fsp3) is 0.632. The summed E-state index contributed by atoms with van der Waals surface area (Å²) < 4.78 is 28.6. The van der Waals surface area contributed by atoms with Gasteiger partial charge in [-0.25, -0.2) is 13.1 Å². The Bertz CT molecular complexity index is 735. The van der Waals surface area contributed by atoms with E-state index in [1.807, 2.05) is 13.8 Å². The summed E-state index contributed by atoms with van der Waals surface area (Å²) in [7, 11) is -3.57. The van der Waals surface area contributed by atoms with E-state index in [-0.39, 0.29) is 28.7 Å². The molecule has 0 unspecified atom stereocenters. The van der Waals surface area contributed by atoms with Crippen LogP contribution in [0.3, 0.4) is 0 Å². The Balaban J connectivity index is 1.82. The van der Waals surface area contributed by atoms with Gasteiger partial charge in [-0.05, 0) is 42.5 Å². The molecule has 6 heteroatoms. The molecule has 0 spiro atoms. The second-order valence-electron chi connectivity index (χ2n) is 7.62. The smallest absolute Gasteiger partial charge is 0.240 e. The molecule has 0 radical (unpaired) electrons. The Morgan fingerprint density at radius 3 is 2.36 bits per heavy atom. The fourth-order valence-corrected chi connectivity index (χ4v) is 5.29. The number of nitrogens with one attached hydrogen (secondary N) is 2. The van der Waals surface area contributed by atoms with Crippen LogP contribution in [0.2, 0.25) is 0 Å². The molecule has 1 heterocycles. The predicted octanol–water partition coefficient (Wildman–Crippen LogP) is 3.77. The minimum absolute atomic E-state index is 0.0132. The van der Waals surface area contributed by atoms with Gasteiger partial charge in [0.1, 0.15) is 0 Å².